The van der Waals surface area contributed by atoms with Gasteiger partial charge in [-0.2, -0.15) is 0 Å². The average molecular weight is 186 g/mol. The van der Waals surface area contributed by atoms with E-state index in [0.29, 0.717) is 12.3 Å². The third kappa shape index (κ3) is 0.699. The summed E-state index contributed by atoms with van der Waals surface area (Å²) in [6.45, 7) is 0. The predicted octanol–water partition coefficient (Wildman–Crippen LogP) is 2.07. The fourth-order valence-corrected chi connectivity index (χ4v) is 2.68. The maximum atomic E-state index is 11.3. The number of allylic oxidation sites excluding steroid dienone is 1. The Morgan fingerprint density at radius 1 is 1.43 bits per heavy atom. The summed E-state index contributed by atoms with van der Waals surface area (Å²) in [4.78, 5) is 11.3. The molecule has 1 aromatic rings. The zero-order valence-corrected chi connectivity index (χ0v) is 7.60. The van der Waals surface area contributed by atoms with E-state index in [9.17, 15) is 9.90 Å². The van der Waals surface area contributed by atoms with Crippen molar-refractivity contribution in [2.75, 3.05) is 0 Å². The molecule has 70 valence electrons. The molecule has 2 nitrogen and oxygen atoms in total. The Kier molecular flexibility index (Phi) is 1.26. The number of carboxylic acids is 1. The third-order valence-corrected chi connectivity index (χ3v) is 3.38. The molecule has 0 aliphatic heterocycles. The van der Waals surface area contributed by atoms with E-state index in [1.807, 2.05) is 36.4 Å². The van der Waals surface area contributed by atoms with Crippen LogP contribution in [0.2, 0.25) is 0 Å². The largest absolute Gasteiger partial charge is 0.480 e. The Labute approximate surface area is 81.9 Å². The number of carbonyl (C=O) groups is 1. The quantitative estimate of drug-likeness (QED) is 0.681. The number of carboxylic acid groups (broad SMARTS) is 1. The maximum absolute atomic E-state index is 11.3. The van der Waals surface area contributed by atoms with E-state index >= 15 is 0 Å². The second-order valence-corrected chi connectivity index (χ2v) is 4.03. The van der Waals surface area contributed by atoms with Crippen molar-refractivity contribution in [2.24, 2.45) is 0 Å². The van der Waals surface area contributed by atoms with Gasteiger partial charge in [0.1, 0.15) is 5.41 Å². The zero-order valence-electron chi connectivity index (χ0n) is 7.60. The summed E-state index contributed by atoms with van der Waals surface area (Å²) in [7, 11) is 0. The fraction of sp³-hybridized carbons (Fsp3) is 0.250. The second kappa shape index (κ2) is 2.27. The fourth-order valence-electron chi connectivity index (χ4n) is 2.68. The first-order valence-corrected chi connectivity index (χ1v) is 4.76. The summed E-state index contributed by atoms with van der Waals surface area (Å²) in [5.41, 5.74) is 1.46. The molecule has 0 radical (unpaired) electrons. The Morgan fingerprint density at radius 2 is 2.21 bits per heavy atom. The summed E-state index contributed by atoms with van der Waals surface area (Å²) in [6, 6.07) is 7.86. The van der Waals surface area contributed by atoms with Crippen LogP contribution in [-0.4, -0.2) is 11.1 Å². The lowest BCUT2D eigenvalue weighted by atomic mass is 9.83. The molecule has 0 amide bonds. The van der Waals surface area contributed by atoms with Gasteiger partial charge in [-0.25, -0.2) is 0 Å². The van der Waals surface area contributed by atoms with Crippen LogP contribution < -0.4 is 0 Å². The Balaban J connectivity index is 2.28. The smallest absolute Gasteiger partial charge is 0.318 e. The molecule has 0 aromatic heterocycles. The molecule has 2 atom stereocenters. The SMILES string of the molecule is O=C(O)[C@@]12C=C[C@@H](C1)c1ccccc12. The van der Waals surface area contributed by atoms with Gasteiger partial charge in [0.05, 0.1) is 0 Å². The first-order chi connectivity index (χ1) is 6.74. The van der Waals surface area contributed by atoms with E-state index < -0.39 is 11.4 Å². The van der Waals surface area contributed by atoms with Gasteiger partial charge >= 0.3 is 5.97 Å². The highest BCUT2D eigenvalue weighted by atomic mass is 16.4. The molecule has 0 heterocycles. The van der Waals surface area contributed by atoms with Gasteiger partial charge in [0, 0.05) is 5.92 Å². The van der Waals surface area contributed by atoms with Gasteiger partial charge in [0.25, 0.3) is 0 Å². The lowest BCUT2D eigenvalue weighted by Gasteiger charge is -2.20. The van der Waals surface area contributed by atoms with Crippen molar-refractivity contribution in [1.29, 1.82) is 0 Å². The van der Waals surface area contributed by atoms with Crippen LogP contribution >= 0.6 is 0 Å². The minimum Gasteiger partial charge on any atom is -0.480 e. The van der Waals surface area contributed by atoms with Gasteiger partial charge in [-0.15, -0.1) is 0 Å². The van der Waals surface area contributed by atoms with Crippen LogP contribution in [0.15, 0.2) is 36.4 Å². The molecule has 0 spiro atoms. The van der Waals surface area contributed by atoms with Gasteiger partial charge in [-0.1, -0.05) is 36.4 Å². The van der Waals surface area contributed by atoms with Crippen molar-refractivity contribution in [3.05, 3.63) is 47.5 Å². The lowest BCUT2D eigenvalue weighted by Crippen LogP contribution is -2.29. The monoisotopic (exact) mass is 186 g/mol. The molecule has 2 aliphatic rings. The van der Waals surface area contributed by atoms with Gasteiger partial charge in [0.15, 0.2) is 0 Å². The van der Waals surface area contributed by atoms with Gasteiger partial charge in [-0.05, 0) is 17.5 Å². The van der Waals surface area contributed by atoms with Crippen molar-refractivity contribution >= 4 is 5.97 Å². The average Bonchev–Trinajstić information content (AvgIpc) is 2.75. The Hall–Kier alpha value is -1.57. The number of hydrogen-bond acceptors (Lipinski definition) is 1. The number of rotatable bonds is 1. The molecular weight excluding hydrogens is 176 g/mol. The molecule has 1 aromatic carbocycles. The van der Waals surface area contributed by atoms with Crippen LogP contribution in [0.4, 0.5) is 0 Å². The number of fused-ring (bicyclic) bond motifs is 5. The van der Waals surface area contributed by atoms with Gasteiger partial charge in [-0.3, -0.25) is 4.79 Å². The number of aliphatic carboxylic acids is 1. The highest BCUT2D eigenvalue weighted by Crippen LogP contribution is 2.52. The molecule has 1 N–H and O–H groups in total. The van der Waals surface area contributed by atoms with Crippen molar-refractivity contribution in [1.82, 2.24) is 0 Å². The molecule has 0 saturated heterocycles. The summed E-state index contributed by atoms with van der Waals surface area (Å²) in [5, 5.41) is 9.29. The van der Waals surface area contributed by atoms with Crippen LogP contribution in [0.5, 0.6) is 0 Å². The summed E-state index contributed by atoms with van der Waals surface area (Å²) in [6.07, 6.45) is 4.58. The topological polar surface area (TPSA) is 37.3 Å². The van der Waals surface area contributed by atoms with Crippen LogP contribution in [0, 0.1) is 0 Å². The predicted molar refractivity (Wildman–Crippen MR) is 52.3 cm³/mol. The molecule has 2 heteroatoms. The second-order valence-electron chi connectivity index (χ2n) is 4.03. The summed E-state index contributed by atoms with van der Waals surface area (Å²) in [5.74, 6) is -0.400. The number of benzene rings is 1. The third-order valence-electron chi connectivity index (χ3n) is 3.38. The van der Waals surface area contributed by atoms with E-state index in [2.05, 4.69) is 0 Å². The van der Waals surface area contributed by atoms with E-state index in [0.717, 1.165) is 5.56 Å². The van der Waals surface area contributed by atoms with Crippen molar-refractivity contribution in [3.8, 4) is 0 Å². The van der Waals surface area contributed by atoms with Crippen molar-refractivity contribution < 1.29 is 9.90 Å². The molecule has 2 aliphatic carbocycles. The normalized spacial score (nSPS) is 31.9. The van der Waals surface area contributed by atoms with E-state index in [1.54, 1.807) is 0 Å². The highest BCUT2D eigenvalue weighted by Gasteiger charge is 2.50. The van der Waals surface area contributed by atoms with Crippen LogP contribution in [0.25, 0.3) is 0 Å². The van der Waals surface area contributed by atoms with E-state index in [1.165, 1.54) is 5.56 Å². The molecule has 0 fully saturated rings. The van der Waals surface area contributed by atoms with Gasteiger partial charge in [0.2, 0.25) is 0 Å². The molecule has 2 bridgehead atoms. The minimum atomic E-state index is -0.721. The van der Waals surface area contributed by atoms with Gasteiger partial charge < -0.3 is 5.11 Å². The first kappa shape index (κ1) is 7.80. The van der Waals surface area contributed by atoms with E-state index in [-0.39, 0.29) is 0 Å². The zero-order chi connectivity index (χ0) is 9.76. The molecule has 0 unspecified atom stereocenters. The Bertz CT molecular complexity index is 447. The molecular formula is C12H10O2. The van der Waals surface area contributed by atoms with Crippen LogP contribution in [0.1, 0.15) is 23.5 Å². The minimum absolute atomic E-state index is 0.322. The lowest BCUT2D eigenvalue weighted by molar-refractivity contribution is -0.141. The summed E-state index contributed by atoms with van der Waals surface area (Å²) < 4.78 is 0. The Morgan fingerprint density at radius 3 is 3.00 bits per heavy atom. The first-order valence-electron chi connectivity index (χ1n) is 4.76. The van der Waals surface area contributed by atoms with Crippen LogP contribution in [-0.2, 0) is 10.2 Å². The van der Waals surface area contributed by atoms with Crippen molar-refractivity contribution in [2.45, 2.75) is 17.8 Å². The number of hydrogen-bond donors (Lipinski definition) is 1. The van der Waals surface area contributed by atoms with Crippen molar-refractivity contribution in [3.63, 3.8) is 0 Å². The highest BCUT2D eigenvalue weighted by molar-refractivity contribution is 5.88. The summed E-state index contributed by atoms with van der Waals surface area (Å²) >= 11 is 0. The van der Waals surface area contributed by atoms with E-state index in [4.69, 9.17) is 0 Å². The maximum Gasteiger partial charge on any atom is 0.318 e. The molecule has 14 heavy (non-hydrogen) atoms. The standard InChI is InChI=1S/C12H10O2/c13-11(14)12-6-5-8(7-12)9-3-1-2-4-10(9)12/h1-6,8H,7H2,(H,13,14)/t8-,12-/m0/s1. The molecule has 3 rings (SSSR count). The molecule has 0 saturated carbocycles. The van der Waals surface area contributed by atoms with Crippen LogP contribution in [0.3, 0.4) is 0 Å².